The highest BCUT2D eigenvalue weighted by Crippen LogP contribution is 2.25. The normalized spacial score (nSPS) is 10.4. The number of hydrogen-bond donors (Lipinski definition) is 1. The molecule has 0 saturated heterocycles. The SMILES string of the molecule is Cc1nc(F)ccc1C(=O)Nc1cccc(Oc2ccc(Br)cc2)c1. The van der Waals surface area contributed by atoms with Gasteiger partial charge < -0.3 is 10.1 Å². The van der Waals surface area contributed by atoms with Crippen LogP contribution in [0.25, 0.3) is 0 Å². The van der Waals surface area contributed by atoms with Crippen molar-refractivity contribution in [1.82, 2.24) is 4.98 Å². The summed E-state index contributed by atoms with van der Waals surface area (Å²) in [5, 5.41) is 2.76. The van der Waals surface area contributed by atoms with Gasteiger partial charge in [-0.15, -0.1) is 0 Å². The largest absolute Gasteiger partial charge is 0.457 e. The number of carbonyl (C=O) groups is 1. The second-order valence-corrected chi connectivity index (χ2v) is 6.22. The predicted octanol–water partition coefficient (Wildman–Crippen LogP) is 5.34. The van der Waals surface area contributed by atoms with E-state index in [1.807, 2.05) is 24.3 Å². The third-order valence-corrected chi connectivity index (χ3v) is 3.97. The van der Waals surface area contributed by atoms with E-state index in [4.69, 9.17) is 4.74 Å². The molecule has 1 aromatic heterocycles. The fourth-order valence-corrected chi connectivity index (χ4v) is 2.51. The molecule has 3 aromatic rings. The molecule has 0 aliphatic rings. The van der Waals surface area contributed by atoms with Crippen molar-refractivity contribution in [2.45, 2.75) is 6.92 Å². The Bertz CT molecular complexity index is 914. The standard InChI is InChI=1S/C19H14BrFN2O2/c1-12-17(9-10-18(21)22-12)19(24)23-14-3-2-4-16(11-14)25-15-7-5-13(20)6-8-15/h2-11H,1H3,(H,23,24). The highest BCUT2D eigenvalue weighted by atomic mass is 79.9. The third-order valence-electron chi connectivity index (χ3n) is 3.44. The van der Waals surface area contributed by atoms with Gasteiger partial charge in [0, 0.05) is 16.2 Å². The number of halogens is 2. The van der Waals surface area contributed by atoms with Crippen molar-refractivity contribution in [1.29, 1.82) is 0 Å². The fraction of sp³-hybridized carbons (Fsp3) is 0.0526. The number of ether oxygens (including phenoxy) is 1. The van der Waals surface area contributed by atoms with Crippen LogP contribution >= 0.6 is 15.9 Å². The monoisotopic (exact) mass is 400 g/mol. The van der Waals surface area contributed by atoms with E-state index in [1.54, 1.807) is 31.2 Å². The van der Waals surface area contributed by atoms with Crippen molar-refractivity contribution in [3.05, 3.63) is 82.3 Å². The van der Waals surface area contributed by atoms with Crippen LogP contribution in [0, 0.1) is 12.9 Å². The average Bonchev–Trinajstić information content (AvgIpc) is 2.57. The molecule has 0 fully saturated rings. The molecule has 0 aliphatic carbocycles. The first-order valence-electron chi connectivity index (χ1n) is 7.49. The van der Waals surface area contributed by atoms with Crippen molar-refractivity contribution in [2.75, 3.05) is 5.32 Å². The third kappa shape index (κ3) is 4.42. The van der Waals surface area contributed by atoms with E-state index >= 15 is 0 Å². The molecule has 0 saturated carbocycles. The number of anilines is 1. The van der Waals surface area contributed by atoms with Crippen LogP contribution in [-0.4, -0.2) is 10.9 Å². The fourth-order valence-electron chi connectivity index (χ4n) is 2.24. The van der Waals surface area contributed by atoms with Gasteiger partial charge in [-0.25, -0.2) is 4.98 Å². The summed E-state index contributed by atoms with van der Waals surface area (Å²) in [5.74, 6) is 0.309. The second-order valence-electron chi connectivity index (χ2n) is 5.30. The summed E-state index contributed by atoms with van der Waals surface area (Å²) in [6, 6.07) is 17.0. The molecule has 1 amide bonds. The molecule has 2 aromatic carbocycles. The smallest absolute Gasteiger partial charge is 0.257 e. The zero-order valence-electron chi connectivity index (χ0n) is 13.3. The number of pyridine rings is 1. The number of aryl methyl sites for hydroxylation is 1. The summed E-state index contributed by atoms with van der Waals surface area (Å²) in [7, 11) is 0. The Labute approximate surface area is 152 Å². The molecule has 0 unspecified atom stereocenters. The molecule has 0 radical (unpaired) electrons. The van der Waals surface area contributed by atoms with Crippen LogP contribution in [0.4, 0.5) is 10.1 Å². The van der Waals surface area contributed by atoms with E-state index < -0.39 is 5.95 Å². The maximum atomic E-state index is 13.1. The van der Waals surface area contributed by atoms with Crippen molar-refractivity contribution >= 4 is 27.5 Å². The van der Waals surface area contributed by atoms with Crippen molar-refractivity contribution < 1.29 is 13.9 Å². The lowest BCUT2D eigenvalue weighted by atomic mass is 10.2. The molecule has 0 atom stereocenters. The summed E-state index contributed by atoms with van der Waals surface area (Å²) in [6.07, 6.45) is 0. The Hall–Kier alpha value is -2.73. The van der Waals surface area contributed by atoms with Gasteiger partial charge in [0.1, 0.15) is 11.5 Å². The number of hydrogen-bond acceptors (Lipinski definition) is 3. The Balaban J connectivity index is 1.75. The molecule has 126 valence electrons. The van der Waals surface area contributed by atoms with Crippen LogP contribution < -0.4 is 10.1 Å². The van der Waals surface area contributed by atoms with Crippen LogP contribution in [0.5, 0.6) is 11.5 Å². The maximum Gasteiger partial charge on any atom is 0.257 e. The van der Waals surface area contributed by atoms with Gasteiger partial charge in [0.15, 0.2) is 0 Å². The van der Waals surface area contributed by atoms with Gasteiger partial charge in [-0.3, -0.25) is 4.79 Å². The van der Waals surface area contributed by atoms with Crippen LogP contribution in [0.15, 0.2) is 65.1 Å². The average molecular weight is 401 g/mol. The van der Waals surface area contributed by atoms with Crippen LogP contribution in [0.2, 0.25) is 0 Å². The molecule has 6 heteroatoms. The summed E-state index contributed by atoms with van der Waals surface area (Å²) in [4.78, 5) is 16.0. The summed E-state index contributed by atoms with van der Waals surface area (Å²) >= 11 is 3.37. The van der Waals surface area contributed by atoms with E-state index in [-0.39, 0.29) is 5.91 Å². The van der Waals surface area contributed by atoms with Crippen LogP contribution in [0.3, 0.4) is 0 Å². The van der Waals surface area contributed by atoms with Gasteiger partial charge in [0.25, 0.3) is 5.91 Å². The lowest BCUT2D eigenvalue weighted by molar-refractivity contribution is 0.102. The van der Waals surface area contributed by atoms with Crippen LogP contribution in [0.1, 0.15) is 16.1 Å². The zero-order chi connectivity index (χ0) is 17.8. The first-order valence-corrected chi connectivity index (χ1v) is 8.28. The quantitative estimate of drug-likeness (QED) is 0.601. The molecule has 0 bridgehead atoms. The maximum absolute atomic E-state index is 13.1. The van der Waals surface area contributed by atoms with Gasteiger partial charge >= 0.3 is 0 Å². The molecule has 3 rings (SSSR count). The molecule has 1 N–H and O–H groups in total. The highest BCUT2D eigenvalue weighted by molar-refractivity contribution is 9.10. The molecular weight excluding hydrogens is 387 g/mol. The Morgan fingerprint density at radius 1 is 1.08 bits per heavy atom. The number of nitrogens with one attached hydrogen (secondary N) is 1. The van der Waals surface area contributed by atoms with Crippen molar-refractivity contribution in [3.8, 4) is 11.5 Å². The summed E-state index contributed by atoms with van der Waals surface area (Å²) in [5.41, 5.74) is 1.23. The number of aromatic nitrogens is 1. The topological polar surface area (TPSA) is 51.2 Å². The molecular formula is C19H14BrFN2O2. The van der Waals surface area contributed by atoms with Crippen LogP contribution in [-0.2, 0) is 0 Å². The summed E-state index contributed by atoms with van der Waals surface area (Å²) in [6.45, 7) is 1.59. The Morgan fingerprint density at radius 3 is 2.56 bits per heavy atom. The zero-order valence-corrected chi connectivity index (χ0v) is 14.9. The first kappa shape index (κ1) is 17.1. The lowest BCUT2D eigenvalue weighted by Crippen LogP contribution is -2.14. The van der Waals surface area contributed by atoms with E-state index in [0.717, 1.165) is 10.5 Å². The summed E-state index contributed by atoms with van der Waals surface area (Å²) < 4.78 is 19.8. The van der Waals surface area contributed by atoms with Gasteiger partial charge in [0.2, 0.25) is 5.95 Å². The first-order chi connectivity index (χ1) is 12.0. The number of carbonyl (C=O) groups excluding carboxylic acids is 1. The van der Waals surface area contributed by atoms with Gasteiger partial charge in [-0.2, -0.15) is 4.39 Å². The Kier molecular flexibility index (Phi) is 5.09. The number of benzene rings is 2. The van der Waals surface area contributed by atoms with E-state index in [2.05, 4.69) is 26.2 Å². The molecule has 0 spiro atoms. The second kappa shape index (κ2) is 7.44. The Morgan fingerprint density at radius 2 is 1.84 bits per heavy atom. The number of nitrogens with zero attached hydrogens (tertiary/aromatic N) is 1. The lowest BCUT2D eigenvalue weighted by Gasteiger charge is -2.10. The number of amides is 1. The van der Waals surface area contributed by atoms with Gasteiger partial charge in [-0.1, -0.05) is 22.0 Å². The molecule has 25 heavy (non-hydrogen) atoms. The van der Waals surface area contributed by atoms with Gasteiger partial charge in [0.05, 0.1) is 11.3 Å². The minimum atomic E-state index is -0.612. The predicted molar refractivity (Wildman–Crippen MR) is 97.5 cm³/mol. The number of rotatable bonds is 4. The van der Waals surface area contributed by atoms with E-state index in [9.17, 15) is 9.18 Å². The van der Waals surface area contributed by atoms with E-state index in [0.29, 0.717) is 28.4 Å². The molecule has 1 heterocycles. The van der Waals surface area contributed by atoms with Crippen molar-refractivity contribution in [3.63, 3.8) is 0 Å². The van der Waals surface area contributed by atoms with Crippen molar-refractivity contribution in [2.24, 2.45) is 0 Å². The minimum absolute atomic E-state index is 0.320. The highest BCUT2D eigenvalue weighted by Gasteiger charge is 2.11. The minimum Gasteiger partial charge on any atom is -0.457 e. The van der Waals surface area contributed by atoms with Gasteiger partial charge in [-0.05, 0) is 55.5 Å². The molecule has 4 nitrogen and oxygen atoms in total. The molecule has 0 aliphatic heterocycles. The van der Waals surface area contributed by atoms with E-state index in [1.165, 1.54) is 6.07 Å².